The summed E-state index contributed by atoms with van der Waals surface area (Å²) in [6, 6.07) is 3.28. The minimum atomic E-state index is -0.904. The van der Waals surface area contributed by atoms with Crippen LogP contribution in [0.5, 0.6) is 11.6 Å². The average molecular weight is 420 g/mol. The molecule has 0 aliphatic rings. The van der Waals surface area contributed by atoms with Crippen molar-refractivity contribution in [3.05, 3.63) is 33.5 Å². The topological polar surface area (TPSA) is 96.4 Å². The molecule has 0 fully saturated rings. The Labute approximate surface area is 165 Å². The monoisotopic (exact) mass is 418 g/mol. The zero-order valence-electron chi connectivity index (χ0n) is 14.0. The van der Waals surface area contributed by atoms with Crippen molar-refractivity contribution in [2.24, 2.45) is 0 Å². The lowest BCUT2D eigenvalue weighted by molar-refractivity contribution is -0.136. The van der Waals surface area contributed by atoms with Crippen molar-refractivity contribution in [3.8, 4) is 11.6 Å². The Balaban J connectivity index is 2.21. The highest BCUT2D eigenvalue weighted by Crippen LogP contribution is 2.41. The number of carbonyl (C=O) groups is 1. The van der Waals surface area contributed by atoms with Gasteiger partial charge in [0.2, 0.25) is 5.88 Å². The van der Waals surface area contributed by atoms with E-state index in [4.69, 9.17) is 44.6 Å². The van der Waals surface area contributed by atoms with Gasteiger partial charge in [-0.3, -0.25) is 4.79 Å². The Kier molecular flexibility index (Phi) is 7.14. The number of ether oxygens (including phenoxy) is 1. The molecule has 3 N–H and O–H groups in total. The highest BCUT2D eigenvalue weighted by Gasteiger charge is 2.16. The summed E-state index contributed by atoms with van der Waals surface area (Å²) < 4.78 is 5.68. The lowest BCUT2D eigenvalue weighted by Crippen LogP contribution is -2.12. The molecule has 7 nitrogen and oxygen atoms in total. The molecule has 0 bridgehead atoms. The summed E-state index contributed by atoms with van der Waals surface area (Å²) in [5, 5.41) is 15.3. The van der Waals surface area contributed by atoms with Crippen molar-refractivity contribution in [1.29, 1.82) is 0 Å². The number of hydrogen-bond acceptors (Lipinski definition) is 6. The van der Waals surface area contributed by atoms with Crippen LogP contribution < -0.4 is 15.4 Å². The van der Waals surface area contributed by atoms with Crippen LogP contribution >= 0.6 is 34.8 Å². The summed E-state index contributed by atoms with van der Waals surface area (Å²) in [5.41, 5.74) is 0.574. The number of carboxylic acids is 1. The Morgan fingerprint density at radius 2 is 1.88 bits per heavy atom. The summed E-state index contributed by atoms with van der Waals surface area (Å²) in [6.07, 6.45) is 1.28. The molecule has 2 rings (SSSR count). The maximum absolute atomic E-state index is 10.6. The minimum Gasteiger partial charge on any atom is -0.481 e. The van der Waals surface area contributed by atoms with E-state index in [2.05, 4.69) is 20.6 Å². The van der Waals surface area contributed by atoms with E-state index in [0.717, 1.165) is 0 Å². The zero-order chi connectivity index (χ0) is 19.3. The lowest BCUT2D eigenvalue weighted by Gasteiger charge is -2.15. The third-order valence-corrected chi connectivity index (χ3v) is 3.95. The van der Waals surface area contributed by atoms with Crippen LogP contribution in [0.15, 0.2) is 18.5 Å². The number of benzene rings is 1. The van der Waals surface area contributed by atoms with Crippen molar-refractivity contribution in [2.45, 2.75) is 26.3 Å². The molecule has 1 aromatic carbocycles. The molecule has 0 aliphatic heterocycles. The second-order valence-corrected chi connectivity index (χ2v) is 6.77. The van der Waals surface area contributed by atoms with Gasteiger partial charge < -0.3 is 20.5 Å². The molecule has 26 heavy (non-hydrogen) atoms. The number of carboxylic acid groups (broad SMARTS) is 1. The average Bonchev–Trinajstić information content (AvgIpc) is 2.53. The van der Waals surface area contributed by atoms with Crippen molar-refractivity contribution in [2.75, 3.05) is 17.2 Å². The lowest BCUT2D eigenvalue weighted by atomic mass is 10.3. The molecule has 1 heterocycles. The Morgan fingerprint density at radius 1 is 1.23 bits per heavy atom. The molecular weight excluding hydrogens is 403 g/mol. The van der Waals surface area contributed by atoms with E-state index in [0.29, 0.717) is 11.5 Å². The molecule has 0 saturated carbocycles. The predicted octanol–water partition coefficient (Wildman–Crippen LogP) is 4.94. The van der Waals surface area contributed by atoms with Gasteiger partial charge >= 0.3 is 5.97 Å². The van der Waals surface area contributed by atoms with E-state index in [1.165, 1.54) is 6.33 Å². The normalized spacial score (nSPS) is 10.7. The number of anilines is 2. The fraction of sp³-hybridized carbons (Fsp3) is 0.312. The van der Waals surface area contributed by atoms with Gasteiger partial charge in [0.1, 0.15) is 11.3 Å². The first kappa shape index (κ1) is 20.4. The second-order valence-electron chi connectivity index (χ2n) is 5.58. The second kappa shape index (κ2) is 9.12. The van der Waals surface area contributed by atoms with Gasteiger partial charge in [-0.05, 0) is 26.0 Å². The van der Waals surface area contributed by atoms with E-state index in [9.17, 15) is 4.79 Å². The summed E-state index contributed by atoms with van der Waals surface area (Å²) >= 11 is 18.7. The van der Waals surface area contributed by atoms with Crippen molar-refractivity contribution in [1.82, 2.24) is 9.97 Å². The molecule has 0 amide bonds. The van der Waals surface area contributed by atoms with Crippen LogP contribution in [0.25, 0.3) is 0 Å². The van der Waals surface area contributed by atoms with E-state index in [1.54, 1.807) is 12.1 Å². The van der Waals surface area contributed by atoms with Crippen LogP contribution in [0.3, 0.4) is 0 Å². The first-order valence-corrected chi connectivity index (χ1v) is 8.81. The van der Waals surface area contributed by atoms with Crippen molar-refractivity contribution >= 4 is 52.3 Å². The van der Waals surface area contributed by atoms with E-state index < -0.39 is 5.97 Å². The Hall–Kier alpha value is -1.96. The molecule has 0 aliphatic carbocycles. The Morgan fingerprint density at radius 3 is 2.46 bits per heavy atom. The fourth-order valence-corrected chi connectivity index (χ4v) is 2.72. The molecule has 0 spiro atoms. The summed E-state index contributed by atoms with van der Waals surface area (Å²) in [4.78, 5) is 18.6. The number of nitrogens with one attached hydrogen (secondary N) is 2. The standard InChI is InChI=1S/C16H17Cl3N4O3/c1-8(2)23-15-13(19)16(22-7-21-15)26-14-10(17)5-9(6-11(14)18)20-4-3-12(24)25/h5-8,20H,3-4H2,1-2H3,(H,24,25)(H,21,22,23). The van der Waals surface area contributed by atoms with Gasteiger partial charge in [0, 0.05) is 18.3 Å². The number of aromatic nitrogens is 2. The number of halogens is 3. The third-order valence-electron chi connectivity index (χ3n) is 3.05. The SMILES string of the molecule is CC(C)Nc1ncnc(Oc2c(Cl)cc(NCCC(=O)O)cc2Cl)c1Cl. The molecule has 2 aromatic rings. The number of nitrogens with zero attached hydrogens (tertiary/aromatic N) is 2. The summed E-state index contributed by atoms with van der Waals surface area (Å²) in [7, 11) is 0. The minimum absolute atomic E-state index is 0.0321. The zero-order valence-corrected chi connectivity index (χ0v) is 16.3. The molecule has 0 unspecified atom stereocenters. The van der Waals surface area contributed by atoms with Crippen molar-refractivity contribution in [3.63, 3.8) is 0 Å². The quantitative estimate of drug-likeness (QED) is 0.558. The fourth-order valence-electron chi connectivity index (χ4n) is 1.97. The van der Waals surface area contributed by atoms with E-state index >= 15 is 0 Å². The van der Waals surface area contributed by atoms with Gasteiger partial charge in [0.25, 0.3) is 0 Å². The summed E-state index contributed by atoms with van der Waals surface area (Å²) in [5.74, 6) is -0.168. The van der Waals surface area contributed by atoms with Crippen LogP contribution in [0.1, 0.15) is 20.3 Å². The van der Waals surface area contributed by atoms with Gasteiger partial charge in [-0.25, -0.2) is 4.98 Å². The number of aliphatic carboxylic acids is 1. The first-order valence-electron chi connectivity index (χ1n) is 7.67. The maximum Gasteiger partial charge on any atom is 0.305 e. The maximum atomic E-state index is 10.6. The van der Waals surface area contributed by atoms with E-state index in [1.807, 2.05) is 13.8 Å². The molecule has 0 atom stereocenters. The van der Waals surface area contributed by atoms with Gasteiger partial charge in [0.05, 0.1) is 16.5 Å². The van der Waals surface area contributed by atoms with Crippen LogP contribution in [-0.4, -0.2) is 33.6 Å². The molecule has 140 valence electrons. The van der Waals surface area contributed by atoms with Gasteiger partial charge in [-0.15, -0.1) is 0 Å². The number of rotatable bonds is 8. The largest absolute Gasteiger partial charge is 0.481 e. The van der Waals surface area contributed by atoms with Crippen LogP contribution in [-0.2, 0) is 4.79 Å². The predicted molar refractivity (Wildman–Crippen MR) is 103 cm³/mol. The molecule has 0 saturated heterocycles. The van der Waals surface area contributed by atoms with Gasteiger partial charge in [-0.1, -0.05) is 34.8 Å². The molecule has 1 aromatic heterocycles. The third kappa shape index (κ3) is 5.52. The molecule has 0 radical (unpaired) electrons. The summed E-state index contributed by atoms with van der Waals surface area (Å²) in [6.45, 7) is 4.13. The van der Waals surface area contributed by atoms with Crippen LogP contribution in [0.4, 0.5) is 11.5 Å². The van der Waals surface area contributed by atoms with Gasteiger partial charge in [0.15, 0.2) is 11.6 Å². The molecular formula is C16H17Cl3N4O3. The first-order chi connectivity index (χ1) is 12.3. The van der Waals surface area contributed by atoms with Crippen LogP contribution in [0.2, 0.25) is 15.1 Å². The molecule has 10 heteroatoms. The number of hydrogen-bond donors (Lipinski definition) is 3. The Bertz CT molecular complexity index is 779. The highest BCUT2D eigenvalue weighted by molar-refractivity contribution is 6.38. The van der Waals surface area contributed by atoms with Crippen LogP contribution in [0, 0.1) is 0 Å². The van der Waals surface area contributed by atoms with E-state index in [-0.39, 0.29) is 45.7 Å². The van der Waals surface area contributed by atoms with Crippen molar-refractivity contribution < 1.29 is 14.6 Å². The smallest absolute Gasteiger partial charge is 0.305 e. The van der Waals surface area contributed by atoms with Gasteiger partial charge in [-0.2, -0.15) is 4.98 Å². The highest BCUT2D eigenvalue weighted by atomic mass is 35.5.